The molecule has 1 aliphatic heterocycles. The van der Waals surface area contributed by atoms with Gasteiger partial charge in [-0.25, -0.2) is 4.98 Å². The quantitative estimate of drug-likeness (QED) is 0.912. The lowest BCUT2D eigenvalue weighted by molar-refractivity contribution is 0.1000. The van der Waals surface area contributed by atoms with Crippen molar-refractivity contribution in [2.24, 2.45) is 5.73 Å². The summed E-state index contributed by atoms with van der Waals surface area (Å²) in [5.41, 5.74) is 7.39. The number of nitrogens with two attached hydrogens (primary N) is 1. The largest absolute Gasteiger partial charge is 0.378 e. The van der Waals surface area contributed by atoms with E-state index in [9.17, 15) is 4.79 Å². The van der Waals surface area contributed by atoms with Crippen LogP contribution < -0.4 is 10.6 Å². The number of carbonyl (C=O) groups excluding carboxylic acids is 1. The summed E-state index contributed by atoms with van der Waals surface area (Å²) in [5, 5.41) is 0. The van der Waals surface area contributed by atoms with E-state index in [1.165, 1.54) is 6.20 Å². The number of pyridine rings is 2. The Morgan fingerprint density at radius 1 is 1.14 bits per heavy atom. The third kappa shape index (κ3) is 3.00. The molecule has 2 N–H and O–H groups in total. The monoisotopic (exact) mass is 284 g/mol. The number of nitrogens with zero attached hydrogens (tertiary/aromatic N) is 3. The van der Waals surface area contributed by atoms with Crippen molar-refractivity contribution in [3.8, 4) is 11.1 Å². The number of hydrogen-bond acceptors (Lipinski definition) is 5. The smallest absolute Gasteiger partial charge is 0.250 e. The molecule has 0 saturated carbocycles. The SMILES string of the molecule is NC(=O)c1cncc(-c2ccc(N3CCOCC3)nc2)c1. The van der Waals surface area contributed by atoms with Crippen LogP contribution in [0.15, 0.2) is 36.8 Å². The van der Waals surface area contributed by atoms with Gasteiger partial charge >= 0.3 is 0 Å². The first kappa shape index (κ1) is 13.5. The molecule has 0 aromatic carbocycles. The van der Waals surface area contributed by atoms with E-state index in [0.29, 0.717) is 5.56 Å². The molecule has 6 nitrogen and oxygen atoms in total. The highest BCUT2D eigenvalue weighted by atomic mass is 16.5. The van der Waals surface area contributed by atoms with Gasteiger partial charge in [0.25, 0.3) is 0 Å². The molecule has 21 heavy (non-hydrogen) atoms. The maximum Gasteiger partial charge on any atom is 0.250 e. The maximum absolute atomic E-state index is 11.2. The molecule has 6 heteroatoms. The van der Waals surface area contributed by atoms with E-state index in [4.69, 9.17) is 10.5 Å². The molecule has 108 valence electrons. The van der Waals surface area contributed by atoms with Gasteiger partial charge in [0.15, 0.2) is 0 Å². The first-order valence-electron chi connectivity index (χ1n) is 6.78. The van der Waals surface area contributed by atoms with Crippen LogP contribution >= 0.6 is 0 Å². The predicted molar refractivity (Wildman–Crippen MR) is 79.0 cm³/mol. The second-order valence-corrected chi connectivity index (χ2v) is 4.83. The van der Waals surface area contributed by atoms with Gasteiger partial charge in [-0.3, -0.25) is 9.78 Å². The molecule has 1 saturated heterocycles. The highest BCUT2D eigenvalue weighted by Gasteiger charge is 2.12. The molecule has 0 unspecified atom stereocenters. The summed E-state index contributed by atoms with van der Waals surface area (Å²) in [7, 11) is 0. The lowest BCUT2D eigenvalue weighted by Gasteiger charge is -2.27. The standard InChI is InChI=1S/C15H16N4O2/c16-15(20)13-7-12(8-17-9-13)11-1-2-14(18-10-11)19-3-5-21-6-4-19/h1-2,7-10H,3-6H2,(H2,16,20). The number of amides is 1. The van der Waals surface area contributed by atoms with Gasteiger partial charge in [0.05, 0.1) is 18.8 Å². The van der Waals surface area contributed by atoms with Crippen LogP contribution in [0.5, 0.6) is 0 Å². The molecule has 2 aromatic heterocycles. The summed E-state index contributed by atoms with van der Waals surface area (Å²) in [6, 6.07) is 5.66. The van der Waals surface area contributed by atoms with Crippen molar-refractivity contribution < 1.29 is 9.53 Å². The van der Waals surface area contributed by atoms with Gasteiger partial charge < -0.3 is 15.4 Å². The van der Waals surface area contributed by atoms with Gasteiger partial charge in [0, 0.05) is 42.8 Å². The first-order chi connectivity index (χ1) is 10.2. The van der Waals surface area contributed by atoms with Gasteiger partial charge in [-0.2, -0.15) is 0 Å². The number of hydrogen-bond donors (Lipinski definition) is 1. The highest BCUT2D eigenvalue weighted by Crippen LogP contribution is 2.21. The summed E-state index contributed by atoms with van der Waals surface area (Å²) in [4.78, 5) is 21.9. The van der Waals surface area contributed by atoms with E-state index in [1.807, 2.05) is 12.1 Å². The van der Waals surface area contributed by atoms with Crippen molar-refractivity contribution in [3.63, 3.8) is 0 Å². The molecule has 0 radical (unpaired) electrons. The minimum Gasteiger partial charge on any atom is -0.378 e. The van der Waals surface area contributed by atoms with E-state index in [1.54, 1.807) is 18.5 Å². The number of morpholine rings is 1. The number of ether oxygens (including phenoxy) is 1. The van der Waals surface area contributed by atoms with Crippen molar-refractivity contribution in [2.75, 3.05) is 31.2 Å². The van der Waals surface area contributed by atoms with Crippen molar-refractivity contribution in [1.29, 1.82) is 0 Å². The Labute approximate surface area is 122 Å². The van der Waals surface area contributed by atoms with Gasteiger partial charge in [-0.1, -0.05) is 0 Å². The Balaban J connectivity index is 1.83. The van der Waals surface area contributed by atoms with Crippen LogP contribution in [0.4, 0.5) is 5.82 Å². The van der Waals surface area contributed by atoms with E-state index in [0.717, 1.165) is 43.2 Å². The zero-order valence-electron chi connectivity index (χ0n) is 11.5. The second-order valence-electron chi connectivity index (χ2n) is 4.83. The van der Waals surface area contributed by atoms with Gasteiger partial charge in [0.2, 0.25) is 5.91 Å². The Morgan fingerprint density at radius 2 is 1.95 bits per heavy atom. The summed E-state index contributed by atoms with van der Waals surface area (Å²) in [6.07, 6.45) is 4.94. The molecule has 0 spiro atoms. The fourth-order valence-corrected chi connectivity index (χ4v) is 2.27. The van der Waals surface area contributed by atoms with E-state index in [-0.39, 0.29) is 0 Å². The number of aromatic nitrogens is 2. The molecule has 0 aliphatic carbocycles. The van der Waals surface area contributed by atoms with Crippen LogP contribution in [-0.2, 0) is 4.74 Å². The lowest BCUT2D eigenvalue weighted by Crippen LogP contribution is -2.36. The maximum atomic E-state index is 11.2. The van der Waals surface area contributed by atoms with Gasteiger partial charge in [-0.05, 0) is 18.2 Å². The van der Waals surface area contributed by atoms with Crippen LogP contribution in [-0.4, -0.2) is 42.2 Å². The third-order valence-electron chi connectivity index (χ3n) is 3.44. The molecule has 1 amide bonds. The van der Waals surface area contributed by atoms with Crippen molar-refractivity contribution in [1.82, 2.24) is 9.97 Å². The summed E-state index contributed by atoms with van der Waals surface area (Å²) in [5.74, 6) is 0.448. The predicted octanol–water partition coefficient (Wildman–Crippen LogP) is 1.08. The average molecular weight is 284 g/mol. The summed E-state index contributed by atoms with van der Waals surface area (Å²) in [6.45, 7) is 3.16. The Hall–Kier alpha value is -2.47. The Kier molecular flexibility index (Phi) is 3.79. The lowest BCUT2D eigenvalue weighted by atomic mass is 10.1. The fraction of sp³-hybridized carbons (Fsp3) is 0.267. The third-order valence-corrected chi connectivity index (χ3v) is 3.44. The number of anilines is 1. The zero-order valence-corrected chi connectivity index (χ0v) is 11.5. The Morgan fingerprint density at radius 3 is 2.62 bits per heavy atom. The molecule has 3 heterocycles. The van der Waals surface area contributed by atoms with Crippen LogP contribution in [0, 0.1) is 0 Å². The molecule has 0 bridgehead atoms. The number of rotatable bonds is 3. The van der Waals surface area contributed by atoms with Crippen LogP contribution in [0.25, 0.3) is 11.1 Å². The molecule has 1 aliphatic rings. The molecule has 1 fully saturated rings. The minimum absolute atomic E-state index is 0.393. The molecular weight excluding hydrogens is 268 g/mol. The Bertz CT molecular complexity index is 636. The number of primary amides is 1. The first-order valence-corrected chi connectivity index (χ1v) is 6.78. The van der Waals surface area contributed by atoms with E-state index < -0.39 is 5.91 Å². The van der Waals surface area contributed by atoms with Crippen LogP contribution in [0.3, 0.4) is 0 Å². The molecule has 3 rings (SSSR count). The van der Waals surface area contributed by atoms with Crippen LogP contribution in [0.1, 0.15) is 10.4 Å². The van der Waals surface area contributed by atoms with Crippen molar-refractivity contribution in [3.05, 3.63) is 42.4 Å². The van der Waals surface area contributed by atoms with Gasteiger partial charge in [0.1, 0.15) is 5.82 Å². The minimum atomic E-state index is -0.484. The van der Waals surface area contributed by atoms with E-state index in [2.05, 4.69) is 14.9 Å². The zero-order chi connectivity index (χ0) is 14.7. The van der Waals surface area contributed by atoms with E-state index >= 15 is 0 Å². The number of carbonyl (C=O) groups is 1. The average Bonchev–Trinajstić information content (AvgIpc) is 2.56. The summed E-state index contributed by atoms with van der Waals surface area (Å²) >= 11 is 0. The van der Waals surface area contributed by atoms with Gasteiger partial charge in [-0.15, -0.1) is 0 Å². The molecule has 0 atom stereocenters. The van der Waals surface area contributed by atoms with Crippen LogP contribution in [0.2, 0.25) is 0 Å². The van der Waals surface area contributed by atoms with Crippen molar-refractivity contribution in [2.45, 2.75) is 0 Å². The molecular formula is C15H16N4O2. The molecule has 2 aromatic rings. The fourth-order valence-electron chi connectivity index (χ4n) is 2.27. The topological polar surface area (TPSA) is 81.3 Å². The summed E-state index contributed by atoms with van der Waals surface area (Å²) < 4.78 is 5.33. The normalized spacial score (nSPS) is 15.0. The highest BCUT2D eigenvalue weighted by molar-refractivity contribution is 5.93. The second kappa shape index (κ2) is 5.88. The van der Waals surface area contributed by atoms with Crippen molar-refractivity contribution >= 4 is 11.7 Å².